The first kappa shape index (κ1) is 10.2. The standard InChI is InChI=1S/C10H6Cl2N2O/c11-6-1-2-7(8(12)5-6)9-3-4-10(15)14-13-9/h1-5H,(H,14,15). The van der Waals surface area contributed by atoms with Crippen LogP contribution in [0.1, 0.15) is 0 Å². The van der Waals surface area contributed by atoms with Crippen molar-refractivity contribution in [3.05, 3.63) is 50.7 Å². The van der Waals surface area contributed by atoms with Gasteiger partial charge in [0.25, 0.3) is 5.56 Å². The van der Waals surface area contributed by atoms with Gasteiger partial charge in [0, 0.05) is 16.7 Å². The minimum Gasteiger partial charge on any atom is -0.268 e. The Morgan fingerprint density at radius 1 is 1.13 bits per heavy atom. The second-order valence-corrected chi connectivity index (χ2v) is 3.77. The van der Waals surface area contributed by atoms with Gasteiger partial charge < -0.3 is 0 Å². The van der Waals surface area contributed by atoms with Crippen molar-refractivity contribution in [1.82, 2.24) is 10.2 Å². The largest absolute Gasteiger partial charge is 0.268 e. The van der Waals surface area contributed by atoms with Crippen molar-refractivity contribution in [2.45, 2.75) is 0 Å². The van der Waals surface area contributed by atoms with Crippen LogP contribution < -0.4 is 5.56 Å². The molecule has 0 aliphatic carbocycles. The number of benzene rings is 1. The molecule has 3 nitrogen and oxygen atoms in total. The first-order valence-corrected chi connectivity index (χ1v) is 4.93. The highest BCUT2D eigenvalue weighted by atomic mass is 35.5. The van der Waals surface area contributed by atoms with Gasteiger partial charge in [-0.2, -0.15) is 5.10 Å². The summed E-state index contributed by atoms with van der Waals surface area (Å²) in [5.41, 5.74) is 1.09. The minimum atomic E-state index is -0.246. The van der Waals surface area contributed by atoms with E-state index in [0.717, 1.165) is 5.56 Å². The average molecular weight is 241 g/mol. The van der Waals surface area contributed by atoms with Gasteiger partial charge in [0.1, 0.15) is 0 Å². The Hall–Kier alpha value is -1.32. The summed E-state index contributed by atoms with van der Waals surface area (Å²) in [7, 11) is 0. The van der Waals surface area contributed by atoms with E-state index >= 15 is 0 Å². The quantitative estimate of drug-likeness (QED) is 0.834. The number of H-pyrrole nitrogens is 1. The van der Waals surface area contributed by atoms with Gasteiger partial charge in [-0.1, -0.05) is 23.2 Å². The zero-order valence-electron chi connectivity index (χ0n) is 7.50. The summed E-state index contributed by atoms with van der Waals surface area (Å²) >= 11 is 11.8. The predicted molar refractivity (Wildman–Crippen MR) is 60.3 cm³/mol. The predicted octanol–water partition coefficient (Wildman–Crippen LogP) is 2.74. The summed E-state index contributed by atoms with van der Waals surface area (Å²) in [5.74, 6) is 0. The topological polar surface area (TPSA) is 45.8 Å². The van der Waals surface area contributed by atoms with Crippen molar-refractivity contribution >= 4 is 23.2 Å². The summed E-state index contributed by atoms with van der Waals surface area (Å²) in [6.07, 6.45) is 0. The Balaban J connectivity index is 2.54. The van der Waals surface area contributed by atoms with Crippen LogP contribution in [-0.2, 0) is 0 Å². The van der Waals surface area contributed by atoms with Gasteiger partial charge in [0.15, 0.2) is 0 Å². The second-order valence-electron chi connectivity index (χ2n) is 2.93. The number of halogens is 2. The molecular weight excluding hydrogens is 235 g/mol. The van der Waals surface area contributed by atoms with Crippen LogP contribution in [0.4, 0.5) is 0 Å². The number of hydrogen-bond donors (Lipinski definition) is 1. The Bertz CT molecular complexity index is 531. The van der Waals surface area contributed by atoms with Crippen LogP contribution in [0, 0.1) is 0 Å². The summed E-state index contributed by atoms with van der Waals surface area (Å²) in [6, 6.07) is 8.10. The molecule has 1 N–H and O–H groups in total. The maximum atomic E-state index is 10.8. The Labute approximate surface area is 95.7 Å². The molecule has 0 saturated carbocycles. The molecule has 1 aromatic heterocycles. The van der Waals surface area contributed by atoms with E-state index in [2.05, 4.69) is 10.2 Å². The van der Waals surface area contributed by atoms with E-state index in [0.29, 0.717) is 15.7 Å². The van der Waals surface area contributed by atoms with Crippen molar-refractivity contribution in [3.8, 4) is 11.3 Å². The van der Waals surface area contributed by atoms with Crippen molar-refractivity contribution in [2.75, 3.05) is 0 Å². The maximum absolute atomic E-state index is 10.8. The molecule has 0 fully saturated rings. The summed E-state index contributed by atoms with van der Waals surface area (Å²) in [5, 5.41) is 7.28. The van der Waals surface area contributed by atoms with E-state index in [9.17, 15) is 4.79 Å². The molecule has 2 aromatic rings. The molecule has 0 spiro atoms. The summed E-state index contributed by atoms with van der Waals surface area (Å²) in [6.45, 7) is 0. The molecule has 1 heterocycles. The molecule has 0 saturated heterocycles. The number of aromatic nitrogens is 2. The lowest BCUT2D eigenvalue weighted by Gasteiger charge is -2.02. The van der Waals surface area contributed by atoms with E-state index in [1.807, 2.05) is 0 Å². The van der Waals surface area contributed by atoms with Crippen molar-refractivity contribution in [3.63, 3.8) is 0 Å². The van der Waals surface area contributed by atoms with E-state index in [4.69, 9.17) is 23.2 Å². The lowest BCUT2D eigenvalue weighted by atomic mass is 10.1. The fourth-order valence-corrected chi connectivity index (χ4v) is 1.70. The van der Waals surface area contributed by atoms with Crippen molar-refractivity contribution in [1.29, 1.82) is 0 Å². The normalized spacial score (nSPS) is 10.3. The van der Waals surface area contributed by atoms with E-state index in [1.165, 1.54) is 6.07 Å². The molecular formula is C10H6Cl2N2O. The molecule has 0 aliphatic heterocycles. The van der Waals surface area contributed by atoms with Gasteiger partial charge >= 0.3 is 0 Å². The first-order valence-electron chi connectivity index (χ1n) is 4.18. The molecule has 0 bridgehead atoms. The van der Waals surface area contributed by atoms with Gasteiger partial charge in [-0.3, -0.25) is 4.79 Å². The highest BCUT2D eigenvalue weighted by molar-refractivity contribution is 6.36. The second kappa shape index (κ2) is 4.04. The lowest BCUT2D eigenvalue weighted by Crippen LogP contribution is -2.05. The highest BCUT2D eigenvalue weighted by Crippen LogP contribution is 2.28. The first-order chi connectivity index (χ1) is 7.16. The number of nitrogens with one attached hydrogen (secondary N) is 1. The molecule has 0 amide bonds. The Morgan fingerprint density at radius 3 is 2.53 bits per heavy atom. The van der Waals surface area contributed by atoms with E-state index in [1.54, 1.807) is 24.3 Å². The molecule has 1 aromatic carbocycles. The maximum Gasteiger partial charge on any atom is 0.264 e. The third kappa shape index (κ3) is 2.19. The zero-order chi connectivity index (χ0) is 10.8. The minimum absolute atomic E-state index is 0.246. The number of rotatable bonds is 1. The van der Waals surface area contributed by atoms with E-state index < -0.39 is 0 Å². The molecule has 5 heteroatoms. The van der Waals surface area contributed by atoms with Crippen molar-refractivity contribution in [2.24, 2.45) is 0 Å². The van der Waals surface area contributed by atoms with Gasteiger partial charge in [0.05, 0.1) is 10.7 Å². The zero-order valence-corrected chi connectivity index (χ0v) is 9.01. The van der Waals surface area contributed by atoms with Gasteiger partial charge in [0.2, 0.25) is 0 Å². The van der Waals surface area contributed by atoms with Gasteiger partial charge in [-0.05, 0) is 24.3 Å². The molecule has 0 unspecified atom stereocenters. The smallest absolute Gasteiger partial charge is 0.264 e. The molecule has 2 rings (SSSR count). The van der Waals surface area contributed by atoms with Gasteiger partial charge in [-0.25, -0.2) is 5.10 Å². The average Bonchev–Trinajstić information content (AvgIpc) is 2.20. The van der Waals surface area contributed by atoms with Crippen LogP contribution in [-0.4, -0.2) is 10.2 Å². The van der Waals surface area contributed by atoms with Crippen LogP contribution in [0.3, 0.4) is 0 Å². The number of hydrogen-bond acceptors (Lipinski definition) is 2. The van der Waals surface area contributed by atoms with Crippen molar-refractivity contribution < 1.29 is 0 Å². The third-order valence-electron chi connectivity index (χ3n) is 1.89. The van der Waals surface area contributed by atoms with E-state index in [-0.39, 0.29) is 5.56 Å². The van der Waals surface area contributed by atoms with Crippen LogP contribution >= 0.6 is 23.2 Å². The van der Waals surface area contributed by atoms with Crippen LogP contribution in [0.25, 0.3) is 11.3 Å². The molecule has 76 valence electrons. The number of nitrogens with zero attached hydrogens (tertiary/aromatic N) is 1. The third-order valence-corrected chi connectivity index (χ3v) is 2.43. The summed E-state index contributed by atoms with van der Waals surface area (Å²) < 4.78 is 0. The molecule has 0 atom stereocenters. The van der Waals surface area contributed by atoms with Gasteiger partial charge in [-0.15, -0.1) is 0 Å². The fraction of sp³-hybridized carbons (Fsp3) is 0. The number of aromatic amines is 1. The van der Waals surface area contributed by atoms with Crippen LogP contribution in [0.2, 0.25) is 10.0 Å². The molecule has 0 radical (unpaired) electrons. The van der Waals surface area contributed by atoms with Crippen LogP contribution in [0.5, 0.6) is 0 Å². The lowest BCUT2D eigenvalue weighted by molar-refractivity contribution is 0.995. The summed E-state index contributed by atoms with van der Waals surface area (Å²) in [4.78, 5) is 10.8. The SMILES string of the molecule is O=c1ccc(-c2ccc(Cl)cc2Cl)n[nH]1. The highest BCUT2D eigenvalue weighted by Gasteiger charge is 2.05. The monoisotopic (exact) mass is 240 g/mol. The molecule has 15 heavy (non-hydrogen) atoms. The van der Waals surface area contributed by atoms with Crippen LogP contribution in [0.15, 0.2) is 35.1 Å². The fourth-order valence-electron chi connectivity index (χ4n) is 1.19. The Morgan fingerprint density at radius 2 is 1.93 bits per heavy atom. The Kier molecular flexibility index (Phi) is 2.75. The molecule has 0 aliphatic rings.